The number of allylic oxidation sites excluding steroid dienone is 2. The highest BCUT2D eigenvalue weighted by Crippen LogP contribution is 2.48. The van der Waals surface area contributed by atoms with Crippen LogP contribution in [0.1, 0.15) is 26.2 Å². The van der Waals surface area contributed by atoms with Crippen molar-refractivity contribution in [1.82, 2.24) is 0 Å². The van der Waals surface area contributed by atoms with Crippen LogP contribution in [-0.4, -0.2) is 6.29 Å². The lowest BCUT2D eigenvalue weighted by Crippen LogP contribution is -2.22. The minimum absolute atomic E-state index is 0.0104. The van der Waals surface area contributed by atoms with Gasteiger partial charge in [-0.2, -0.15) is 0 Å². The van der Waals surface area contributed by atoms with Crippen molar-refractivity contribution in [2.24, 2.45) is 11.3 Å². The molecule has 0 saturated heterocycles. The lowest BCUT2D eigenvalue weighted by Gasteiger charge is -2.28. The molecule has 0 aromatic rings. The summed E-state index contributed by atoms with van der Waals surface area (Å²) in [5.74, 6) is 0.440. The topological polar surface area (TPSA) is 17.1 Å². The Morgan fingerprint density at radius 2 is 2.42 bits per heavy atom. The van der Waals surface area contributed by atoms with Gasteiger partial charge in [0.15, 0.2) is 0 Å². The fourth-order valence-corrected chi connectivity index (χ4v) is 2.04. The van der Waals surface area contributed by atoms with Gasteiger partial charge in [-0.15, -0.1) is 6.58 Å². The zero-order valence-electron chi connectivity index (χ0n) is 7.68. The molecule has 0 bridgehead atoms. The minimum atomic E-state index is -0.0104. The van der Waals surface area contributed by atoms with Gasteiger partial charge in [0, 0.05) is 11.8 Å². The fraction of sp³-hybridized carbons (Fsp3) is 0.545. The molecule has 1 heteroatoms. The molecule has 12 heavy (non-hydrogen) atoms. The summed E-state index contributed by atoms with van der Waals surface area (Å²) < 4.78 is 0. The second-order valence-corrected chi connectivity index (χ2v) is 3.77. The minimum Gasteiger partial charge on any atom is -0.303 e. The zero-order chi connectivity index (χ0) is 9.19. The smallest absolute Gasteiger partial charge is 0.120 e. The quantitative estimate of drug-likeness (QED) is 0.463. The highest BCUT2D eigenvalue weighted by molar-refractivity contribution is 5.53. The summed E-state index contributed by atoms with van der Waals surface area (Å²) in [5, 5.41) is 0. The molecule has 1 saturated carbocycles. The van der Waals surface area contributed by atoms with E-state index in [0.717, 1.165) is 19.1 Å². The zero-order valence-corrected chi connectivity index (χ0v) is 7.68. The van der Waals surface area contributed by atoms with E-state index in [1.165, 1.54) is 5.57 Å². The van der Waals surface area contributed by atoms with E-state index in [-0.39, 0.29) is 5.41 Å². The number of rotatable bonds is 3. The molecule has 1 aliphatic rings. The molecule has 2 atom stereocenters. The Labute approximate surface area is 74.2 Å². The first kappa shape index (κ1) is 9.24. The van der Waals surface area contributed by atoms with Gasteiger partial charge >= 0.3 is 0 Å². The fourth-order valence-electron chi connectivity index (χ4n) is 2.04. The predicted octanol–water partition coefficient (Wildman–Crippen LogP) is 2.73. The maximum absolute atomic E-state index is 10.5. The maximum Gasteiger partial charge on any atom is 0.120 e. The Bertz CT molecular complexity index is 217. The van der Waals surface area contributed by atoms with E-state index in [4.69, 9.17) is 0 Å². The van der Waals surface area contributed by atoms with Crippen molar-refractivity contribution >= 4 is 6.29 Å². The highest BCUT2D eigenvalue weighted by Gasteiger charge is 2.39. The van der Waals surface area contributed by atoms with Crippen LogP contribution >= 0.6 is 0 Å². The van der Waals surface area contributed by atoms with E-state index < -0.39 is 0 Å². The van der Waals surface area contributed by atoms with Crippen LogP contribution in [0.2, 0.25) is 0 Å². The molecule has 1 aliphatic carbocycles. The molecule has 1 fully saturated rings. The molecule has 0 heterocycles. The lowest BCUT2D eigenvalue weighted by atomic mass is 9.75. The molecular weight excluding hydrogens is 148 g/mol. The molecular formula is C11H16O. The van der Waals surface area contributed by atoms with Gasteiger partial charge in [0.2, 0.25) is 0 Å². The van der Waals surface area contributed by atoms with Gasteiger partial charge in [0.1, 0.15) is 6.29 Å². The van der Waals surface area contributed by atoms with E-state index in [2.05, 4.69) is 20.1 Å². The summed E-state index contributed by atoms with van der Waals surface area (Å²) in [6.07, 6.45) is 5.69. The van der Waals surface area contributed by atoms with Gasteiger partial charge in [0.05, 0.1) is 0 Å². The van der Waals surface area contributed by atoms with Crippen molar-refractivity contribution in [2.75, 3.05) is 0 Å². The Hall–Kier alpha value is -0.850. The normalized spacial score (nSPS) is 35.1. The van der Waals surface area contributed by atoms with Gasteiger partial charge in [-0.3, -0.25) is 0 Å². The summed E-state index contributed by atoms with van der Waals surface area (Å²) in [6.45, 7) is 9.93. The number of hydrogen-bond acceptors (Lipinski definition) is 1. The summed E-state index contributed by atoms with van der Waals surface area (Å²) in [7, 11) is 0. The molecule has 66 valence electrons. The van der Waals surface area contributed by atoms with Crippen LogP contribution < -0.4 is 0 Å². The van der Waals surface area contributed by atoms with Gasteiger partial charge in [-0.05, 0) is 18.8 Å². The van der Waals surface area contributed by atoms with Crippen LogP contribution in [0.15, 0.2) is 24.8 Å². The monoisotopic (exact) mass is 164 g/mol. The first-order valence-electron chi connectivity index (χ1n) is 4.39. The third-order valence-corrected chi connectivity index (χ3v) is 3.18. The first-order chi connectivity index (χ1) is 5.65. The Kier molecular flexibility index (Phi) is 2.51. The van der Waals surface area contributed by atoms with Crippen LogP contribution in [0.4, 0.5) is 0 Å². The van der Waals surface area contributed by atoms with Crippen molar-refractivity contribution in [3.63, 3.8) is 0 Å². The molecule has 0 aromatic carbocycles. The van der Waals surface area contributed by atoms with E-state index in [9.17, 15) is 4.79 Å². The third kappa shape index (κ3) is 1.24. The standard InChI is InChI=1S/C11H16O/c1-4-10-6-5-9(2)11(10,3)7-8-12/h4,8,10H,1-2,5-7H2,3H3/t10-,11-/m0/s1. The molecule has 0 unspecified atom stereocenters. The van der Waals surface area contributed by atoms with E-state index >= 15 is 0 Å². The van der Waals surface area contributed by atoms with E-state index in [0.29, 0.717) is 12.3 Å². The summed E-state index contributed by atoms with van der Waals surface area (Å²) in [6, 6.07) is 0. The molecule has 1 nitrogen and oxygen atoms in total. The van der Waals surface area contributed by atoms with Gasteiger partial charge < -0.3 is 4.79 Å². The van der Waals surface area contributed by atoms with Gasteiger partial charge in [-0.1, -0.05) is 25.2 Å². The Morgan fingerprint density at radius 3 is 2.92 bits per heavy atom. The van der Waals surface area contributed by atoms with E-state index in [1.807, 2.05) is 6.08 Å². The SMILES string of the molecule is C=C[C@H]1CCC(=C)[C@]1(C)CC=O. The lowest BCUT2D eigenvalue weighted by molar-refractivity contribution is -0.109. The van der Waals surface area contributed by atoms with Crippen molar-refractivity contribution < 1.29 is 4.79 Å². The van der Waals surface area contributed by atoms with Gasteiger partial charge in [-0.25, -0.2) is 0 Å². The molecule has 0 aromatic heterocycles. The summed E-state index contributed by atoms with van der Waals surface area (Å²) in [4.78, 5) is 10.5. The Balaban J connectivity index is 2.87. The van der Waals surface area contributed by atoms with Gasteiger partial charge in [0.25, 0.3) is 0 Å². The summed E-state index contributed by atoms with van der Waals surface area (Å²) in [5.41, 5.74) is 1.20. The van der Waals surface area contributed by atoms with Crippen LogP contribution in [0.3, 0.4) is 0 Å². The molecule has 0 amide bonds. The Morgan fingerprint density at radius 1 is 1.75 bits per heavy atom. The molecule has 1 rings (SSSR count). The number of carbonyl (C=O) groups is 1. The van der Waals surface area contributed by atoms with Crippen molar-refractivity contribution in [3.8, 4) is 0 Å². The van der Waals surface area contributed by atoms with Crippen molar-refractivity contribution in [3.05, 3.63) is 24.8 Å². The van der Waals surface area contributed by atoms with Crippen molar-refractivity contribution in [1.29, 1.82) is 0 Å². The number of carbonyl (C=O) groups excluding carboxylic acids is 1. The van der Waals surface area contributed by atoms with E-state index in [1.54, 1.807) is 0 Å². The van der Waals surface area contributed by atoms with Crippen LogP contribution in [0, 0.1) is 11.3 Å². The molecule has 0 radical (unpaired) electrons. The third-order valence-electron chi connectivity index (χ3n) is 3.18. The first-order valence-corrected chi connectivity index (χ1v) is 4.39. The summed E-state index contributed by atoms with van der Waals surface area (Å²) >= 11 is 0. The molecule has 0 N–H and O–H groups in total. The largest absolute Gasteiger partial charge is 0.303 e. The molecule has 0 spiro atoms. The maximum atomic E-state index is 10.5. The number of aldehydes is 1. The molecule has 0 aliphatic heterocycles. The number of hydrogen-bond donors (Lipinski definition) is 0. The van der Waals surface area contributed by atoms with Crippen molar-refractivity contribution in [2.45, 2.75) is 26.2 Å². The average Bonchev–Trinajstić information content (AvgIpc) is 2.30. The second-order valence-electron chi connectivity index (χ2n) is 3.77. The van der Waals surface area contributed by atoms with Crippen LogP contribution in [0.5, 0.6) is 0 Å². The van der Waals surface area contributed by atoms with Crippen LogP contribution in [-0.2, 0) is 4.79 Å². The highest BCUT2D eigenvalue weighted by atomic mass is 16.1. The average molecular weight is 164 g/mol. The predicted molar refractivity (Wildman–Crippen MR) is 50.8 cm³/mol. The second kappa shape index (κ2) is 3.26. The van der Waals surface area contributed by atoms with Crippen LogP contribution in [0.25, 0.3) is 0 Å².